The number of hydrogen-bond donors (Lipinski definition) is 0. The van der Waals surface area contributed by atoms with Gasteiger partial charge in [-0.15, -0.1) is 0 Å². The van der Waals surface area contributed by atoms with Gasteiger partial charge in [-0.1, -0.05) is 11.6 Å². The molecule has 4 heteroatoms. The van der Waals surface area contributed by atoms with Crippen molar-refractivity contribution >= 4 is 22.5 Å². The molecule has 0 spiro atoms. The molecule has 2 aromatic rings. The number of aromatic nitrogens is 2. The van der Waals surface area contributed by atoms with Crippen LogP contribution in [0, 0.1) is 6.92 Å². The van der Waals surface area contributed by atoms with Crippen LogP contribution in [0.3, 0.4) is 0 Å². The minimum Gasteiger partial charge on any atom is -0.496 e. The summed E-state index contributed by atoms with van der Waals surface area (Å²) in [5, 5.41) is 1.27. The fraction of sp³-hybridized carbons (Fsp3) is 0.200. The van der Waals surface area contributed by atoms with Gasteiger partial charge in [-0.2, -0.15) is 0 Å². The summed E-state index contributed by atoms with van der Waals surface area (Å²) in [6.45, 7) is 1.97. The van der Waals surface area contributed by atoms with E-state index in [1.54, 1.807) is 7.11 Å². The quantitative estimate of drug-likeness (QED) is 0.676. The van der Waals surface area contributed by atoms with Gasteiger partial charge in [-0.3, -0.25) is 0 Å². The second-order valence-electron chi connectivity index (χ2n) is 3.00. The predicted octanol–water partition coefficient (Wildman–Crippen LogP) is 2.60. The van der Waals surface area contributed by atoms with E-state index in [-0.39, 0.29) is 0 Å². The number of methoxy groups -OCH3 is 1. The summed E-state index contributed by atoms with van der Waals surface area (Å²) in [6, 6.07) is 3.79. The van der Waals surface area contributed by atoms with E-state index in [0.717, 1.165) is 22.2 Å². The van der Waals surface area contributed by atoms with Crippen molar-refractivity contribution in [1.29, 1.82) is 0 Å². The Morgan fingerprint density at radius 3 is 2.79 bits per heavy atom. The third-order valence-electron chi connectivity index (χ3n) is 2.10. The number of ether oxygens (including phenoxy) is 1. The molecule has 2 rings (SSSR count). The van der Waals surface area contributed by atoms with Crippen LogP contribution in [-0.2, 0) is 0 Å². The number of hydrogen-bond acceptors (Lipinski definition) is 3. The van der Waals surface area contributed by atoms with E-state index in [9.17, 15) is 0 Å². The minimum atomic E-state index is 0.452. The monoisotopic (exact) mass is 208 g/mol. The largest absolute Gasteiger partial charge is 0.496 e. The average Bonchev–Trinajstić information content (AvgIpc) is 2.17. The van der Waals surface area contributed by atoms with Crippen LogP contribution in [0.1, 0.15) is 5.56 Å². The van der Waals surface area contributed by atoms with Crippen LogP contribution < -0.4 is 4.74 Å². The summed E-state index contributed by atoms with van der Waals surface area (Å²) < 4.78 is 5.19. The van der Waals surface area contributed by atoms with Crippen LogP contribution in [0.5, 0.6) is 5.75 Å². The fourth-order valence-corrected chi connectivity index (χ4v) is 1.57. The Balaban J connectivity index is 2.80. The van der Waals surface area contributed by atoms with Crippen LogP contribution in [0.25, 0.3) is 10.9 Å². The molecule has 0 bridgehead atoms. The van der Waals surface area contributed by atoms with Gasteiger partial charge in [0.1, 0.15) is 17.2 Å². The standard InChI is InChI=1S/C10H9ClN2O/c1-6-3-8-7(4-9(6)14-2)10(11)13-5-12-8/h3-5H,1-2H3. The summed E-state index contributed by atoms with van der Waals surface area (Å²) in [5.41, 5.74) is 1.87. The van der Waals surface area contributed by atoms with Crippen molar-refractivity contribution in [3.8, 4) is 5.75 Å². The highest BCUT2D eigenvalue weighted by Crippen LogP contribution is 2.27. The third-order valence-corrected chi connectivity index (χ3v) is 2.40. The highest BCUT2D eigenvalue weighted by Gasteiger charge is 2.05. The number of rotatable bonds is 1. The normalized spacial score (nSPS) is 10.5. The minimum absolute atomic E-state index is 0.452. The molecule has 0 saturated carbocycles. The molecule has 0 unspecified atom stereocenters. The van der Waals surface area contributed by atoms with E-state index in [0.29, 0.717) is 5.15 Å². The van der Waals surface area contributed by atoms with Gasteiger partial charge < -0.3 is 4.74 Å². The molecule has 0 aliphatic heterocycles. The second kappa shape index (κ2) is 3.42. The van der Waals surface area contributed by atoms with Gasteiger partial charge in [-0.25, -0.2) is 9.97 Å². The topological polar surface area (TPSA) is 35.0 Å². The van der Waals surface area contributed by atoms with Crippen molar-refractivity contribution in [3.05, 3.63) is 29.2 Å². The summed E-state index contributed by atoms with van der Waals surface area (Å²) in [6.07, 6.45) is 1.45. The lowest BCUT2D eigenvalue weighted by atomic mass is 10.1. The van der Waals surface area contributed by atoms with Crippen molar-refractivity contribution in [2.24, 2.45) is 0 Å². The Morgan fingerprint density at radius 1 is 1.29 bits per heavy atom. The highest BCUT2D eigenvalue weighted by molar-refractivity contribution is 6.34. The van der Waals surface area contributed by atoms with Crippen LogP contribution in [0.4, 0.5) is 0 Å². The van der Waals surface area contributed by atoms with Crippen molar-refractivity contribution in [1.82, 2.24) is 9.97 Å². The molecule has 0 aliphatic carbocycles. The lowest BCUT2D eigenvalue weighted by molar-refractivity contribution is 0.412. The molecule has 1 heterocycles. The molecule has 0 atom stereocenters. The molecule has 0 radical (unpaired) electrons. The summed E-state index contributed by atoms with van der Waals surface area (Å²) in [4.78, 5) is 8.04. The number of benzene rings is 1. The molecular formula is C10H9ClN2O. The first-order chi connectivity index (χ1) is 6.72. The number of nitrogens with zero attached hydrogens (tertiary/aromatic N) is 2. The average molecular weight is 209 g/mol. The summed E-state index contributed by atoms with van der Waals surface area (Å²) in [7, 11) is 1.63. The molecule has 0 fully saturated rings. The predicted molar refractivity (Wildman–Crippen MR) is 55.8 cm³/mol. The molecule has 1 aromatic heterocycles. The van der Waals surface area contributed by atoms with E-state index in [1.165, 1.54) is 6.33 Å². The van der Waals surface area contributed by atoms with Gasteiger partial charge in [0.25, 0.3) is 0 Å². The van der Waals surface area contributed by atoms with E-state index >= 15 is 0 Å². The number of aryl methyl sites for hydroxylation is 1. The fourth-order valence-electron chi connectivity index (χ4n) is 1.38. The van der Waals surface area contributed by atoms with Gasteiger partial charge in [0.2, 0.25) is 0 Å². The van der Waals surface area contributed by atoms with Crippen molar-refractivity contribution < 1.29 is 4.74 Å². The first-order valence-corrected chi connectivity index (χ1v) is 4.55. The molecule has 0 saturated heterocycles. The smallest absolute Gasteiger partial charge is 0.140 e. The van der Waals surface area contributed by atoms with Crippen LogP contribution >= 0.6 is 11.6 Å². The molecular weight excluding hydrogens is 200 g/mol. The van der Waals surface area contributed by atoms with Gasteiger partial charge in [0, 0.05) is 5.39 Å². The maximum absolute atomic E-state index is 5.93. The van der Waals surface area contributed by atoms with E-state index in [4.69, 9.17) is 16.3 Å². The third kappa shape index (κ3) is 1.40. The molecule has 0 aliphatic rings. The zero-order valence-electron chi connectivity index (χ0n) is 7.91. The Hall–Kier alpha value is -1.35. The van der Waals surface area contributed by atoms with Crippen LogP contribution in [-0.4, -0.2) is 17.1 Å². The molecule has 1 aromatic carbocycles. The van der Waals surface area contributed by atoms with Gasteiger partial charge in [0.05, 0.1) is 12.6 Å². The highest BCUT2D eigenvalue weighted by atomic mass is 35.5. The lowest BCUT2D eigenvalue weighted by Gasteiger charge is -2.06. The first kappa shape index (κ1) is 9.21. The maximum Gasteiger partial charge on any atom is 0.140 e. The molecule has 14 heavy (non-hydrogen) atoms. The number of fused-ring (bicyclic) bond motifs is 1. The van der Waals surface area contributed by atoms with E-state index in [2.05, 4.69) is 9.97 Å². The Morgan fingerprint density at radius 2 is 2.07 bits per heavy atom. The van der Waals surface area contributed by atoms with Crippen molar-refractivity contribution in [3.63, 3.8) is 0 Å². The van der Waals surface area contributed by atoms with Crippen LogP contribution in [0.2, 0.25) is 5.15 Å². The molecule has 0 amide bonds. The van der Waals surface area contributed by atoms with Crippen molar-refractivity contribution in [2.45, 2.75) is 6.92 Å². The zero-order chi connectivity index (χ0) is 10.1. The van der Waals surface area contributed by atoms with E-state index in [1.807, 2.05) is 19.1 Å². The maximum atomic E-state index is 5.93. The van der Waals surface area contributed by atoms with Gasteiger partial charge >= 0.3 is 0 Å². The zero-order valence-corrected chi connectivity index (χ0v) is 8.67. The Labute approximate surface area is 86.7 Å². The van der Waals surface area contributed by atoms with Crippen LogP contribution in [0.15, 0.2) is 18.5 Å². The second-order valence-corrected chi connectivity index (χ2v) is 3.36. The van der Waals surface area contributed by atoms with Gasteiger partial charge in [-0.05, 0) is 24.6 Å². The van der Waals surface area contributed by atoms with E-state index < -0.39 is 0 Å². The number of halogens is 1. The van der Waals surface area contributed by atoms with Crippen molar-refractivity contribution in [2.75, 3.05) is 7.11 Å². The lowest BCUT2D eigenvalue weighted by Crippen LogP contribution is -1.90. The molecule has 3 nitrogen and oxygen atoms in total. The Kier molecular flexibility index (Phi) is 2.25. The summed E-state index contributed by atoms with van der Waals surface area (Å²) in [5.74, 6) is 0.800. The first-order valence-electron chi connectivity index (χ1n) is 4.17. The SMILES string of the molecule is COc1cc2c(Cl)ncnc2cc1C. The summed E-state index contributed by atoms with van der Waals surface area (Å²) >= 11 is 5.93. The molecule has 72 valence electrons. The van der Waals surface area contributed by atoms with Gasteiger partial charge in [0.15, 0.2) is 0 Å². The molecule has 0 N–H and O–H groups in total. The Bertz CT molecular complexity index is 485.